The van der Waals surface area contributed by atoms with E-state index in [-0.39, 0.29) is 0 Å². The van der Waals surface area contributed by atoms with Crippen LogP contribution in [0.4, 0.5) is 5.69 Å². The summed E-state index contributed by atoms with van der Waals surface area (Å²) in [6.07, 6.45) is 11.3. The van der Waals surface area contributed by atoms with E-state index in [0.717, 1.165) is 5.88 Å². The Hall–Kier alpha value is -1.25. The van der Waals surface area contributed by atoms with Crippen molar-refractivity contribution in [1.82, 2.24) is 4.98 Å². The summed E-state index contributed by atoms with van der Waals surface area (Å²) in [7, 11) is 0. The van der Waals surface area contributed by atoms with Crippen molar-refractivity contribution in [2.24, 2.45) is 0 Å². The lowest BCUT2D eigenvalue weighted by Crippen LogP contribution is -2.20. The smallest absolute Gasteiger partial charge is 0.213 e. The molecule has 18 heavy (non-hydrogen) atoms. The lowest BCUT2D eigenvalue weighted by Gasteiger charge is -2.23. The second-order valence-electron chi connectivity index (χ2n) is 5.43. The lowest BCUT2D eigenvalue weighted by atomic mass is 9.98. The van der Waals surface area contributed by atoms with Gasteiger partial charge in [-0.1, -0.05) is 6.42 Å². The maximum Gasteiger partial charge on any atom is 0.213 e. The lowest BCUT2D eigenvalue weighted by molar-refractivity contribution is 0.148. The van der Waals surface area contributed by atoms with Gasteiger partial charge in [-0.3, -0.25) is 0 Å². The summed E-state index contributed by atoms with van der Waals surface area (Å²) in [6.45, 7) is 2.34. The van der Waals surface area contributed by atoms with Crippen molar-refractivity contribution in [1.29, 1.82) is 0 Å². The van der Waals surface area contributed by atoms with Gasteiger partial charge >= 0.3 is 0 Å². The van der Waals surface area contributed by atoms with Crippen molar-refractivity contribution in [3.63, 3.8) is 0 Å². The van der Waals surface area contributed by atoms with Crippen molar-refractivity contribution in [2.45, 2.75) is 51.0 Å². The topological polar surface area (TPSA) is 25.4 Å². The van der Waals surface area contributed by atoms with Crippen LogP contribution in [0.5, 0.6) is 5.88 Å². The molecule has 0 radical (unpaired) electrons. The Morgan fingerprint density at radius 2 is 1.78 bits per heavy atom. The number of ether oxygens (including phenoxy) is 1. The van der Waals surface area contributed by atoms with Gasteiger partial charge in [0.2, 0.25) is 5.88 Å². The largest absolute Gasteiger partial charge is 0.474 e. The molecule has 0 spiro atoms. The summed E-state index contributed by atoms with van der Waals surface area (Å²) in [5, 5.41) is 0. The van der Waals surface area contributed by atoms with E-state index in [2.05, 4.69) is 16.0 Å². The highest BCUT2D eigenvalue weighted by Crippen LogP contribution is 2.24. The molecule has 0 atom stereocenters. The van der Waals surface area contributed by atoms with E-state index in [9.17, 15) is 0 Å². The second-order valence-corrected chi connectivity index (χ2v) is 5.43. The van der Waals surface area contributed by atoms with Gasteiger partial charge in [-0.15, -0.1) is 0 Å². The molecule has 1 saturated heterocycles. The van der Waals surface area contributed by atoms with Crippen LogP contribution in [0.25, 0.3) is 0 Å². The highest BCUT2D eigenvalue weighted by molar-refractivity contribution is 5.46. The van der Waals surface area contributed by atoms with Crippen molar-refractivity contribution < 1.29 is 4.74 Å². The van der Waals surface area contributed by atoms with E-state index >= 15 is 0 Å². The molecule has 1 aromatic rings. The van der Waals surface area contributed by atoms with Crippen molar-refractivity contribution in [2.75, 3.05) is 18.0 Å². The Kier molecular flexibility index (Phi) is 3.67. The minimum absolute atomic E-state index is 0.392. The molecule has 1 aromatic heterocycles. The molecule has 1 saturated carbocycles. The van der Waals surface area contributed by atoms with Crippen LogP contribution in [0.2, 0.25) is 0 Å². The first kappa shape index (κ1) is 11.8. The number of hydrogen-bond acceptors (Lipinski definition) is 3. The van der Waals surface area contributed by atoms with E-state index in [1.165, 1.54) is 63.7 Å². The molecular weight excluding hydrogens is 224 g/mol. The summed E-state index contributed by atoms with van der Waals surface area (Å²) in [4.78, 5) is 6.85. The average Bonchev–Trinajstić information content (AvgIpc) is 2.95. The third-order valence-electron chi connectivity index (χ3n) is 4.03. The van der Waals surface area contributed by atoms with E-state index in [1.807, 2.05) is 12.3 Å². The number of rotatable bonds is 3. The Morgan fingerprint density at radius 1 is 1.00 bits per heavy atom. The molecule has 3 heteroatoms. The molecule has 1 aliphatic carbocycles. The van der Waals surface area contributed by atoms with Gasteiger partial charge in [0.15, 0.2) is 0 Å². The fraction of sp³-hybridized carbons (Fsp3) is 0.667. The summed E-state index contributed by atoms with van der Waals surface area (Å²) < 4.78 is 5.94. The second kappa shape index (κ2) is 5.59. The maximum absolute atomic E-state index is 5.94. The summed E-state index contributed by atoms with van der Waals surface area (Å²) in [5.41, 5.74) is 1.24. The Bertz CT molecular complexity index is 365. The Labute approximate surface area is 109 Å². The summed E-state index contributed by atoms with van der Waals surface area (Å²) >= 11 is 0. The van der Waals surface area contributed by atoms with Gasteiger partial charge in [0.05, 0.1) is 11.9 Å². The van der Waals surface area contributed by atoms with Crippen molar-refractivity contribution >= 4 is 5.69 Å². The van der Waals surface area contributed by atoms with Gasteiger partial charge in [-0.2, -0.15) is 0 Å². The molecule has 2 heterocycles. The molecule has 3 rings (SSSR count). The Morgan fingerprint density at radius 3 is 2.44 bits per heavy atom. The highest BCUT2D eigenvalue weighted by atomic mass is 16.5. The fourth-order valence-corrected chi connectivity index (χ4v) is 2.96. The summed E-state index contributed by atoms with van der Waals surface area (Å²) in [6, 6.07) is 4.18. The minimum atomic E-state index is 0.392. The van der Waals surface area contributed by atoms with Gasteiger partial charge in [0, 0.05) is 19.2 Å². The standard InChI is InChI=1S/C15H22N2O/c1-2-6-14(7-3-1)18-15-9-8-13(12-16-15)17-10-4-5-11-17/h8-9,12,14H,1-7,10-11H2. The maximum atomic E-state index is 5.94. The fourth-order valence-electron chi connectivity index (χ4n) is 2.96. The normalized spacial score (nSPS) is 21.2. The minimum Gasteiger partial charge on any atom is -0.474 e. The molecule has 0 unspecified atom stereocenters. The molecule has 0 N–H and O–H groups in total. The van der Waals surface area contributed by atoms with Crippen molar-refractivity contribution in [3.8, 4) is 5.88 Å². The van der Waals surface area contributed by atoms with E-state index < -0.39 is 0 Å². The number of nitrogens with zero attached hydrogens (tertiary/aromatic N) is 2. The first-order valence-corrected chi connectivity index (χ1v) is 7.29. The molecule has 2 fully saturated rings. The van der Waals surface area contributed by atoms with Crippen LogP contribution >= 0.6 is 0 Å². The zero-order valence-electron chi connectivity index (χ0n) is 11.0. The Balaban J connectivity index is 1.59. The monoisotopic (exact) mass is 246 g/mol. The van der Waals surface area contributed by atoms with E-state index in [4.69, 9.17) is 4.74 Å². The molecular formula is C15H22N2O. The van der Waals surface area contributed by atoms with Crippen LogP contribution in [-0.2, 0) is 0 Å². The van der Waals surface area contributed by atoms with Crippen molar-refractivity contribution in [3.05, 3.63) is 18.3 Å². The number of pyridine rings is 1. The predicted octanol–water partition coefficient (Wildman–Crippen LogP) is 3.39. The third kappa shape index (κ3) is 2.77. The van der Waals surface area contributed by atoms with Crippen LogP contribution in [0, 0.1) is 0 Å². The van der Waals surface area contributed by atoms with Crippen LogP contribution in [-0.4, -0.2) is 24.2 Å². The average molecular weight is 246 g/mol. The molecule has 98 valence electrons. The first-order valence-electron chi connectivity index (χ1n) is 7.29. The van der Waals surface area contributed by atoms with Gasteiger partial charge in [-0.25, -0.2) is 4.98 Å². The van der Waals surface area contributed by atoms with Gasteiger partial charge in [0.25, 0.3) is 0 Å². The number of hydrogen-bond donors (Lipinski definition) is 0. The molecule has 2 aliphatic rings. The highest BCUT2D eigenvalue weighted by Gasteiger charge is 2.16. The van der Waals surface area contributed by atoms with E-state index in [0.29, 0.717) is 6.10 Å². The van der Waals surface area contributed by atoms with Crippen LogP contribution in [0.3, 0.4) is 0 Å². The van der Waals surface area contributed by atoms with Crippen LogP contribution in [0.15, 0.2) is 18.3 Å². The SMILES string of the molecule is c1cc(OC2CCCCC2)ncc1N1CCCC1. The number of aromatic nitrogens is 1. The van der Waals surface area contributed by atoms with Gasteiger partial charge in [-0.05, 0) is 44.6 Å². The molecule has 0 aromatic carbocycles. The van der Waals surface area contributed by atoms with Gasteiger partial charge in [0.1, 0.15) is 6.10 Å². The molecule has 0 bridgehead atoms. The third-order valence-corrected chi connectivity index (χ3v) is 4.03. The zero-order chi connectivity index (χ0) is 12.2. The first-order chi connectivity index (χ1) is 8.92. The molecule has 3 nitrogen and oxygen atoms in total. The van der Waals surface area contributed by atoms with Crippen LogP contribution in [0.1, 0.15) is 44.9 Å². The molecule has 1 aliphatic heterocycles. The zero-order valence-corrected chi connectivity index (χ0v) is 11.0. The van der Waals surface area contributed by atoms with E-state index in [1.54, 1.807) is 0 Å². The molecule has 0 amide bonds. The predicted molar refractivity (Wildman–Crippen MR) is 73.2 cm³/mol. The number of anilines is 1. The quantitative estimate of drug-likeness (QED) is 0.817. The van der Waals surface area contributed by atoms with Crippen LogP contribution < -0.4 is 9.64 Å². The summed E-state index contributed by atoms with van der Waals surface area (Å²) in [5.74, 6) is 0.796. The van der Waals surface area contributed by atoms with Gasteiger partial charge < -0.3 is 9.64 Å².